The van der Waals surface area contributed by atoms with Crippen LogP contribution in [0.25, 0.3) is 10.8 Å². The molecule has 21 heavy (non-hydrogen) atoms. The van der Waals surface area contributed by atoms with Gasteiger partial charge >= 0.3 is 0 Å². The molecule has 0 aliphatic rings. The van der Waals surface area contributed by atoms with Gasteiger partial charge in [0.15, 0.2) is 0 Å². The van der Waals surface area contributed by atoms with Crippen LogP contribution in [0.15, 0.2) is 42.5 Å². The van der Waals surface area contributed by atoms with Crippen molar-refractivity contribution < 1.29 is 4.79 Å². The van der Waals surface area contributed by atoms with E-state index in [4.69, 9.17) is 0 Å². The van der Waals surface area contributed by atoms with Crippen molar-refractivity contribution in [1.29, 1.82) is 0 Å². The Morgan fingerprint density at radius 1 is 1.14 bits per heavy atom. The van der Waals surface area contributed by atoms with Crippen LogP contribution in [-0.4, -0.2) is 17.3 Å². The zero-order valence-corrected chi connectivity index (χ0v) is 14.2. The van der Waals surface area contributed by atoms with Gasteiger partial charge in [0.25, 0.3) is 0 Å². The molecule has 0 aromatic heterocycles. The largest absolute Gasteiger partial charge is 0.355 e. The van der Waals surface area contributed by atoms with Crippen LogP contribution in [0.3, 0.4) is 0 Å². The molecule has 1 atom stereocenters. The normalized spacial score (nSPS) is 12.6. The summed E-state index contributed by atoms with van der Waals surface area (Å²) in [5, 5.41) is 5.36. The summed E-state index contributed by atoms with van der Waals surface area (Å²) in [4.78, 5) is 12.5. The first-order chi connectivity index (χ1) is 10.1. The van der Waals surface area contributed by atoms with E-state index in [0.717, 1.165) is 17.4 Å². The SMILES string of the molecule is CC(C)CC(Br)CNC(=O)Cc1cccc2ccccc12. The minimum atomic E-state index is 0.0829. The number of carbonyl (C=O) groups excluding carboxylic acids is 1. The highest BCUT2D eigenvalue weighted by molar-refractivity contribution is 9.09. The number of nitrogens with one attached hydrogen (secondary N) is 1. The van der Waals surface area contributed by atoms with Crippen LogP contribution in [0.4, 0.5) is 0 Å². The van der Waals surface area contributed by atoms with Crippen molar-refractivity contribution in [1.82, 2.24) is 5.32 Å². The Morgan fingerprint density at radius 3 is 2.62 bits per heavy atom. The predicted octanol–water partition coefficient (Wildman–Crippen LogP) is 4.31. The molecule has 2 nitrogen and oxygen atoms in total. The molecule has 3 heteroatoms. The first-order valence-electron chi connectivity index (χ1n) is 7.43. The van der Waals surface area contributed by atoms with E-state index in [0.29, 0.717) is 23.7 Å². The van der Waals surface area contributed by atoms with Gasteiger partial charge in [-0.05, 0) is 28.7 Å². The Labute approximate surface area is 135 Å². The number of halogens is 1. The molecule has 0 saturated carbocycles. The summed E-state index contributed by atoms with van der Waals surface area (Å²) < 4.78 is 0. The third kappa shape index (κ3) is 4.85. The van der Waals surface area contributed by atoms with Crippen molar-refractivity contribution >= 4 is 32.6 Å². The van der Waals surface area contributed by atoms with Crippen molar-refractivity contribution in [2.45, 2.75) is 31.5 Å². The van der Waals surface area contributed by atoms with Gasteiger partial charge in [-0.2, -0.15) is 0 Å². The molecular weight excluding hydrogens is 326 g/mol. The van der Waals surface area contributed by atoms with Crippen LogP contribution in [0.2, 0.25) is 0 Å². The number of fused-ring (bicyclic) bond motifs is 1. The summed E-state index contributed by atoms with van der Waals surface area (Å²) >= 11 is 3.62. The molecule has 112 valence electrons. The second-order valence-corrected chi connectivity index (χ2v) is 7.14. The molecule has 0 fully saturated rings. The number of carbonyl (C=O) groups is 1. The number of rotatable bonds is 6. The van der Waals surface area contributed by atoms with E-state index in [1.54, 1.807) is 0 Å². The van der Waals surface area contributed by atoms with Crippen LogP contribution in [0.1, 0.15) is 25.8 Å². The molecule has 1 amide bonds. The Balaban J connectivity index is 1.96. The van der Waals surface area contributed by atoms with Gasteiger partial charge in [0.05, 0.1) is 6.42 Å². The van der Waals surface area contributed by atoms with Crippen LogP contribution in [-0.2, 0) is 11.2 Å². The van der Waals surface area contributed by atoms with Gasteiger partial charge < -0.3 is 5.32 Å². The second-order valence-electron chi connectivity index (χ2n) is 5.85. The van der Waals surface area contributed by atoms with Gasteiger partial charge in [-0.1, -0.05) is 72.2 Å². The maximum atomic E-state index is 12.1. The fraction of sp³-hybridized carbons (Fsp3) is 0.389. The predicted molar refractivity (Wildman–Crippen MR) is 92.8 cm³/mol. The summed E-state index contributed by atoms with van der Waals surface area (Å²) in [6.45, 7) is 5.06. The minimum Gasteiger partial charge on any atom is -0.355 e. The summed E-state index contributed by atoms with van der Waals surface area (Å²) in [5.41, 5.74) is 1.08. The average molecular weight is 348 g/mol. The van der Waals surface area contributed by atoms with E-state index in [1.807, 2.05) is 24.3 Å². The van der Waals surface area contributed by atoms with Crippen LogP contribution < -0.4 is 5.32 Å². The lowest BCUT2D eigenvalue weighted by atomic mass is 10.0. The average Bonchev–Trinajstić information content (AvgIpc) is 2.45. The number of alkyl halides is 1. The molecule has 1 N–H and O–H groups in total. The van der Waals surface area contributed by atoms with E-state index in [9.17, 15) is 4.79 Å². The zero-order chi connectivity index (χ0) is 15.2. The first kappa shape index (κ1) is 16.0. The minimum absolute atomic E-state index is 0.0829. The van der Waals surface area contributed by atoms with Gasteiger partial charge in [0.2, 0.25) is 5.91 Å². The third-order valence-corrected chi connectivity index (χ3v) is 4.18. The molecule has 0 heterocycles. The van der Waals surface area contributed by atoms with Crippen molar-refractivity contribution in [3.8, 4) is 0 Å². The van der Waals surface area contributed by atoms with E-state index in [-0.39, 0.29) is 5.91 Å². The van der Waals surface area contributed by atoms with Crippen molar-refractivity contribution in [3.63, 3.8) is 0 Å². The zero-order valence-electron chi connectivity index (χ0n) is 12.6. The fourth-order valence-corrected chi connectivity index (χ4v) is 3.41. The van der Waals surface area contributed by atoms with E-state index < -0.39 is 0 Å². The van der Waals surface area contributed by atoms with Crippen molar-refractivity contribution in [2.75, 3.05) is 6.54 Å². The molecule has 0 saturated heterocycles. The number of hydrogen-bond donors (Lipinski definition) is 1. The highest BCUT2D eigenvalue weighted by Gasteiger charge is 2.10. The Morgan fingerprint density at radius 2 is 1.86 bits per heavy atom. The molecule has 1 unspecified atom stereocenters. The molecule has 0 spiro atoms. The first-order valence-corrected chi connectivity index (χ1v) is 8.35. The molecule has 0 aliphatic heterocycles. The maximum absolute atomic E-state index is 12.1. The van der Waals surface area contributed by atoms with Crippen LogP contribution >= 0.6 is 15.9 Å². The van der Waals surface area contributed by atoms with Gasteiger partial charge in [-0.15, -0.1) is 0 Å². The van der Waals surface area contributed by atoms with Gasteiger partial charge in [0.1, 0.15) is 0 Å². The number of benzene rings is 2. The maximum Gasteiger partial charge on any atom is 0.224 e. The number of hydrogen-bond acceptors (Lipinski definition) is 1. The summed E-state index contributed by atoms with van der Waals surface area (Å²) in [7, 11) is 0. The third-order valence-electron chi connectivity index (χ3n) is 3.48. The summed E-state index contributed by atoms with van der Waals surface area (Å²) in [6, 6.07) is 14.3. The van der Waals surface area contributed by atoms with Crippen LogP contribution in [0.5, 0.6) is 0 Å². The molecule has 2 aromatic rings. The lowest BCUT2D eigenvalue weighted by Gasteiger charge is -2.13. The number of amides is 1. The lowest BCUT2D eigenvalue weighted by Crippen LogP contribution is -2.31. The molecule has 2 aromatic carbocycles. The summed E-state index contributed by atoms with van der Waals surface area (Å²) in [5.74, 6) is 0.712. The Kier molecular flexibility index (Phi) is 5.80. The van der Waals surface area contributed by atoms with Crippen LogP contribution in [0, 0.1) is 5.92 Å². The lowest BCUT2D eigenvalue weighted by molar-refractivity contribution is -0.120. The van der Waals surface area contributed by atoms with E-state index in [2.05, 4.69) is 53.3 Å². The monoisotopic (exact) mass is 347 g/mol. The standard InChI is InChI=1S/C18H22BrNO/c1-13(2)10-16(19)12-20-18(21)11-15-8-5-7-14-6-3-4-9-17(14)15/h3-9,13,16H,10-12H2,1-2H3,(H,20,21). The van der Waals surface area contributed by atoms with Crippen molar-refractivity contribution in [3.05, 3.63) is 48.0 Å². The summed E-state index contributed by atoms with van der Waals surface area (Å²) in [6.07, 6.45) is 1.50. The Bertz CT molecular complexity index is 604. The van der Waals surface area contributed by atoms with Crippen molar-refractivity contribution in [2.24, 2.45) is 5.92 Å². The van der Waals surface area contributed by atoms with E-state index >= 15 is 0 Å². The second kappa shape index (κ2) is 7.60. The molecule has 0 aliphatic carbocycles. The fourth-order valence-electron chi connectivity index (χ4n) is 2.50. The van der Waals surface area contributed by atoms with Gasteiger partial charge in [0, 0.05) is 11.4 Å². The topological polar surface area (TPSA) is 29.1 Å². The molecular formula is C18H22BrNO. The molecule has 0 radical (unpaired) electrons. The highest BCUT2D eigenvalue weighted by Crippen LogP contribution is 2.19. The molecule has 2 rings (SSSR count). The Hall–Kier alpha value is -1.35. The quantitative estimate of drug-likeness (QED) is 0.775. The smallest absolute Gasteiger partial charge is 0.224 e. The van der Waals surface area contributed by atoms with Gasteiger partial charge in [-0.25, -0.2) is 0 Å². The highest BCUT2D eigenvalue weighted by atomic mass is 79.9. The molecule has 0 bridgehead atoms. The van der Waals surface area contributed by atoms with Gasteiger partial charge in [-0.3, -0.25) is 4.79 Å². The van der Waals surface area contributed by atoms with E-state index in [1.165, 1.54) is 5.39 Å².